The molecule has 4 aromatic rings. The summed E-state index contributed by atoms with van der Waals surface area (Å²) >= 11 is 0. The maximum absolute atomic E-state index is 5.80. The highest BCUT2D eigenvalue weighted by Gasteiger charge is 2.17. The molecule has 154 valence electrons. The van der Waals surface area contributed by atoms with Gasteiger partial charge in [-0.05, 0) is 60.9 Å². The van der Waals surface area contributed by atoms with E-state index in [0.717, 1.165) is 32.2 Å². The minimum atomic E-state index is 0.750. The molecule has 0 atom stereocenters. The number of rotatable bonds is 9. The molecule has 0 fully saturated rings. The number of para-hydroxylation sites is 1. The molecule has 1 aromatic heterocycles. The number of hydrogen-bond donors (Lipinski definition) is 2. The summed E-state index contributed by atoms with van der Waals surface area (Å²) in [6, 6.07) is 26.3. The fourth-order valence-electron chi connectivity index (χ4n) is 4.42. The van der Waals surface area contributed by atoms with Gasteiger partial charge in [-0.15, -0.1) is 0 Å². The highest BCUT2D eigenvalue weighted by atomic mass is 14.7. The zero-order valence-corrected chi connectivity index (χ0v) is 18.0. The Morgan fingerprint density at radius 2 is 1.50 bits per heavy atom. The summed E-state index contributed by atoms with van der Waals surface area (Å²) in [6.45, 7) is 3.01. The lowest BCUT2D eigenvalue weighted by molar-refractivity contribution is 0.748. The Kier molecular flexibility index (Phi) is 6.66. The smallest absolute Gasteiger partial charge is 0.0503 e. The van der Waals surface area contributed by atoms with Crippen molar-refractivity contribution in [3.63, 3.8) is 0 Å². The second-order valence-electron chi connectivity index (χ2n) is 8.08. The molecule has 0 aliphatic heterocycles. The zero-order chi connectivity index (χ0) is 20.8. The first-order valence-electron chi connectivity index (χ1n) is 11.3. The minimum absolute atomic E-state index is 0.750. The molecule has 2 heteroatoms. The Labute approximate surface area is 180 Å². The lowest BCUT2D eigenvalue weighted by Gasteiger charge is -2.11. The number of aryl methyl sites for hydroxylation is 2. The van der Waals surface area contributed by atoms with Crippen LogP contribution in [0.5, 0.6) is 0 Å². The highest BCUT2D eigenvalue weighted by molar-refractivity contribution is 5.95. The van der Waals surface area contributed by atoms with Crippen LogP contribution < -0.4 is 5.73 Å². The van der Waals surface area contributed by atoms with Crippen LogP contribution in [-0.4, -0.2) is 11.5 Å². The van der Waals surface area contributed by atoms with Crippen molar-refractivity contribution < 1.29 is 0 Å². The summed E-state index contributed by atoms with van der Waals surface area (Å²) in [5.41, 5.74) is 15.1. The number of unbranched alkanes of at least 4 members (excludes halogenated alkanes) is 2. The van der Waals surface area contributed by atoms with E-state index >= 15 is 0 Å². The summed E-state index contributed by atoms with van der Waals surface area (Å²) in [6.07, 6.45) is 6.77. The third-order valence-electron chi connectivity index (χ3n) is 5.99. The molecule has 3 aromatic carbocycles. The third kappa shape index (κ3) is 4.20. The van der Waals surface area contributed by atoms with Crippen LogP contribution in [0.15, 0.2) is 72.8 Å². The molecule has 0 aliphatic carbocycles. The van der Waals surface area contributed by atoms with Crippen LogP contribution >= 0.6 is 0 Å². The van der Waals surface area contributed by atoms with Crippen LogP contribution in [0.25, 0.3) is 33.3 Å². The van der Waals surface area contributed by atoms with Gasteiger partial charge in [0.1, 0.15) is 0 Å². The Morgan fingerprint density at radius 3 is 2.27 bits per heavy atom. The summed E-state index contributed by atoms with van der Waals surface area (Å²) in [5.74, 6) is 0. The molecule has 0 saturated heterocycles. The number of aromatic nitrogens is 1. The van der Waals surface area contributed by atoms with Crippen LogP contribution in [-0.2, 0) is 12.8 Å². The van der Waals surface area contributed by atoms with E-state index in [2.05, 4.69) is 84.7 Å². The third-order valence-corrected chi connectivity index (χ3v) is 5.99. The molecular weight excluding hydrogens is 364 g/mol. The maximum Gasteiger partial charge on any atom is 0.0503 e. The number of H-pyrrole nitrogens is 1. The molecule has 1 heterocycles. The van der Waals surface area contributed by atoms with E-state index in [1.54, 1.807) is 0 Å². The van der Waals surface area contributed by atoms with Gasteiger partial charge in [0.25, 0.3) is 0 Å². The number of fused-ring (bicyclic) bond motifs is 1. The predicted molar refractivity (Wildman–Crippen MR) is 130 cm³/mol. The van der Waals surface area contributed by atoms with Crippen molar-refractivity contribution in [3.8, 4) is 22.4 Å². The van der Waals surface area contributed by atoms with Crippen molar-refractivity contribution in [1.29, 1.82) is 0 Å². The lowest BCUT2D eigenvalue weighted by Crippen LogP contribution is -1.99. The van der Waals surface area contributed by atoms with Crippen molar-refractivity contribution in [3.05, 3.63) is 83.9 Å². The SMILES string of the molecule is CCCCc1cccc2c(CCCCN)c(-c3ccccc3-c3ccccc3)[nH]c12. The van der Waals surface area contributed by atoms with Crippen LogP contribution in [0.2, 0.25) is 0 Å². The number of aromatic amines is 1. The van der Waals surface area contributed by atoms with E-state index in [1.807, 2.05) is 0 Å². The van der Waals surface area contributed by atoms with Gasteiger partial charge in [-0.25, -0.2) is 0 Å². The van der Waals surface area contributed by atoms with Crippen molar-refractivity contribution in [2.45, 2.75) is 45.4 Å². The predicted octanol–water partition coefficient (Wildman–Crippen LogP) is 7.13. The fraction of sp³-hybridized carbons (Fsp3) is 0.286. The fourth-order valence-corrected chi connectivity index (χ4v) is 4.42. The summed E-state index contributed by atoms with van der Waals surface area (Å²) in [5, 5.41) is 1.37. The topological polar surface area (TPSA) is 41.8 Å². The first kappa shape index (κ1) is 20.4. The molecular formula is C28H32N2. The first-order chi connectivity index (χ1) is 14.8. The van der Waals surface area contributed by atoms with Crippen molar-refractivity contribution in [2.75, 3.05) is 6.54 Å². The zero-order valence-electron chi connectivity index (χ0n) is 18.0. The van der Waals surface area contributed by atoms with Crippen LogP contribution in [0, 0.1) is 0 Å². The number of nitrogens with two attached hydrogens (primary N) is 1. The summed E-state index contributed by atoms with van der Waals surface area (Å²) < 4.78 is 0. The van der Waals surface area contributed by atoms with E-state index in [-0.39, 0.29) is 0 Å². The van der Waals surface area contributed by atoms with Gasteiger partial charge in [0.15, 0.2) is 0 Å². The quantitative estimate of drug-likeness (QED) is 0.290. The maximum atomic E-state index is 5.80. The molecule has 4 rings (SSSR count). The standard InChI is InChI=1S/C28H32N2/c1-2-3-12-22-15-11-19-25-26(18-9-10-20-29)28(30-27(22)25)24-17-8-7-16-23(24)21-13-5-4-6-14-21/h4-8,11,13-17,19,30H,2-3,9-10,12,18,20,29H2,1H3. The molecule has 3 N–H and O–H groups in total. The summed E-state index contributed by atoms with van der Waals surface area (Å²) in [4.78, 5) is 3.86. The van der Waals surface area contributed by atoms with Gasteiger partial charge < -0.3 is 10.7 Å². The molecule has 0 spiro atoms. The molecule has 0 aliphatic rings. The van der Waals surface area contributed by atoms with Crippen LogP contribution in [0.3, 0.4) is 0 Å². The Morgan fingerprint density at radius 1 is 0.733 bits per heavy atom. The van der Waals surface area contributed by atoms with Gasteiger partial charge in [-0.2, -0.15) is 0 Å². The minimum Gasteiger partial charge on any atom is -0.354 e. The number of hydrogen-bond acceptors (Lipinski definition) is 1. The Hall–Kier alpha value is -2.84. The molecule has 0 amide bonds. The summed E-state index contributed by atoms with van der Waals surface area (Å²) in [7, 11) is 0. The average Bonchev–Trinajstić information content (AvgIpc) is 3.17. The molecule has 0 saturated carbocycles. The van der Waals surface area contributed by atoms with Crippen molar-refractivity contribution in [2.24, 2.45) is 5.73 Å². The normalized spacial score (nSPS) is 11.3. The van der Waals surface area contributed by atoms with Gasteiger partial charge in [-0.1, -0.05) is 86.1 Å². The first-order valence-corrected chi connectivity index (χ1v) is 11.3. The van der Waals surface area contributed by atoms with Crippen LogP contribution in [0.1, 0.15) is 43.7 Å². The van der Waals surface area contributed by atoms with Crippen molar-refractivity contribution in [1.82, 2.24) is 4.98 Å². The van der Waals surface area contributed by atoms with Crippen LogP contribution in [0.4, 0.5) is 0 Å². The molecule has 0 radical (unpaired) electrons. The van der Waals surface area contributed by atoms with E-state index in [0.29, 0.717) is 0 Å². The van der Waals surface area contributed by atoms with Gasteiger partial charge in [-0.3, -0.25) is 0 Å². The average molecular weight is 397 g/mol. The van der Waals surface area contributed by atoms with E-state index < -0.39 is 0 Å². The van der Waals surface area contributed by atoms with E-state index in [9.17, 15) is 0 Å². The molecule has 0 bridgehead atoms. The van der Waals surface area contributed by atoms with Gasteiger partial charge in [0.2, 0.25) is 0 Å². The second-order valence-corrected chi connectivity index (χ2v) is 8.08. The number of benzene rings is 3. The number of nitrogens with one attached hydrogen (secondary N) is 1. The van der Waals surface area contributed by atoms with Gasteiger partial charge >= 0.3 is 0 Å². The monoisotopic (exact) mass is 396 g/mol. The van der Waals surface area contributed by atoms with E-state index in [1.165, 1.54) is 57.3 Å². The van der Waals surface area contributed by atoms with E-state index in [4.69, 9.17) is 5.73 Å². The Balaban J connectivity index is 1.89. The molecule has 30 heavy (non-hydrogen) atoms. The second kappa shape index (κ2) is 9.77. The largest absolute Gasteiger partial charge is 0.354 e. The molecule has 2 nitrogen and oxygen atoms in total. The van der Waals surface area contributed by atoms with Crippen molar-refractivity contribution >= 4 is 10.9 Å². The Bertz CT molecular complexity index is 1090. The van der Waals surface area contributed by atoms with Gasteiger partial charge in [0, 0.05) is 16.5 Å². The molecule has 0 unspecified atom stereocenters. The van der Waals surface area contributed by atoms with Gasteiger partial charge in [0.05, 0.1) is 5.69 Å². The lowest BCUT2D eigenvalue weighted by atomic mass is 9.93. The highest BCUT2D eigenvalue weighted by Crippen LogP contribution is 2.38.